The predicted molar refractivity (Wildman–Crippen MR) is 117 cm³/mol. The van der Waals surface area contributed by atoms with E-state index in [4.69, 9.17) is 0 Å². The van der Waals surface area contributed by atoms with E-state index in [9.17, 15) is 4.79 Å². The lowest BCUT2D eigenvalue weighted by Gasteiger charge is -2.33. The molecule has 1 atom stereocenters. The fourth-order valence-corrected chi connectivity index (χ4v) is 3.82. The van der Waals surface area contributed by atoms with E-state index in [2.05, 4.69) is 46.4 Å². The van der Waals surface area contributed by atoms with Crippen LogP contribution in [0.2, 0.25) is 0 Å². The minimum absolute atomic E-state index is 0. The van der Waals surface area contributed by atoms with Gasteiger partial charge in [0.05, 0.1) is 0 Å². The van der Waals surface area contributed by atoms with E-state index in [-0.39, 0.29) is 29.9 Å². The Morgan fingerprint density at radius 2 is 2.08 bits per heavy atom. The van der Waals surface area contributed by atoms with Gasteiger partial charge in [0.1, 0.15) is 0 Å². The summed E-state index contributed by atoms with van der Waals surface area (Å²) in [5.74, 6) is 2.00. The van der Waals surface area contributed by atoms with Gasteiger partial charge in [-0.2, -0.15) is 0 Å². The molecule has 6 heteroatoms. The molecule has 0 spiro atoms. The zero-order chi connectivity index (χ0) is 17.6. The van der Waals surface area contributed by atoms with Gasteiger partial charge in [-0.05, 0) is 36.3 Å². The molecule has 2 aliphatic heterocycles. The molecule has 0 aliphatic carbocycles. The highest BCUT2D eigenvalue weighted by Gasteiger charge is 2.20. The molecule has 1 N–H and O–H groups in total. The molecule has 2 aliphatic rings. The number of likely N-dealkylation sites (tertiary alicyclic amines) is 2. The van der Waals surface area contributed by atoms with Crippen LogP contribution in [0.5, 0.6) is 0 Å². The zero-order valence-corrected chi connectivity index (χ0v) is 18.2. The minimum Gasteiger partial charge on any atom is -0.352 e. The quantitative estimate of drug-likeness (QED) is 0.418. The lowest BCUT2D eigenvalue weighted by Crippen LogP contribution is -2.45. The van der Waals surface area contributed by atoms with E-state index in [1.165, 1.54) is 24.0 Å². The van der Waals surface area contributed by atoms with Gasteiger partial charge in [0, 0.05) is 46.2 Å². The maximum Gasteiger partial charge on any atom is 0.222 e. The van der Waals surface area contributed by atoms with Crippen LogP contribution in [0.25, 0.3) is 0 Å². The molecule has 0 aromatic heterocycles. The predicted octanol–water partition coefficient (Wildman–Crippen LogP) is 3.23. The summed E-state index contributed by atoms with van der Waals surface area (Å²) in [6, 6.07) is 8.52. The second-order valence-corrected chi connectivity index (χ2v) is 7.33. The van der Waals surface area contributed by atoms with E-state index >= 15 is 0 Å². The number of carbonyl (C=O) groups is 1. The SMILES string of the molecule is CN=C(NCc1cccc(CN2CCCC2=O)c1)N1CCCC(C)C1.I. The maximum absolute atomic E-state index is 11.8. The molecular formula is C20H31IN4O. The molecule has 0 bridgehead atoms. The lowest BCUT2D eigenvalue weighted by atomic mass is 10.0. The van der Waals surface area contributed by atoms with Gasteiger partial charge in [-0.3, -0.25) is 9.79 Å². The third-order valence-corrected chi connectivity index (χ3v) is 5.16. The number of amides is 1. The maximum atomic E-state index is 11.8. The van der Waals surface area contributed by atoms with Crippen LogP contribution >= 0.6 is 24.0 Å². The zero-order valence-electron chi connectivity index (χ0n) is 15.9. The third kappa shape index (κ3) is 5.59. The third-order valence-electron chi connectivity index (χ3n) is 5.16. The first-order valence-corrected chi connectivity index (χ1v) is 9.47. The van der Waals surface area contributed by atoms with Gasteiger partial charge in [0.25, 0.3) is 0 Å². The highest BCUT2D eigenvalue weighted by Crippen LogP contribution is 2.17. The number of aliphatic imine (C=N–C) groups is 1. The molecule has 2 heterocycles. The summed E-state index contributed by atoms with van der Waals surface area (Å²) >= 11 is 0. The van der Waals surface area contributed by atoms with E-state index in [1.807, 2.05) is 11.9 Å². The van der Waals surface area contributed by atoms with Gasteiger partial charge in [0.15, 0.2) is 5.96 Å². The Balaban J connectivity index is 0.00000243. The lowest BCUT2D eigenvalue weighted by molar-refractivity contribution is -0.128. The Hall–Kier alpha value is -1.31. The molecule has 1 unspecified atom stereocenters. The van der Waals surface area contributed by atoms with Gasteiger partial charge >= 0.3 is 0 Å². The van der Waals surface area contributed by atoms with Crippen molar-refractivity contribution in [3.63, 3.8) is 0 Å². The fraction of sp³-hybridized carbons (Fsp3) is 0.600. The Morgan fingerprint density at radius 1 is 1.27 bits per heavy atom. The van der Waals surface area contributed by atoms with Crippen molar-refractivity contribution < 1.29 is 4.79 Å². The van der Waals surface area contributed by atoms with Crippen molar-refractivity contribution in [2.24, 2.45) is 10.9 Å². The highest BCUT2D eigenvalue weighted by molar-refractivity contribution is 14.0. The van der Waals surface area contributed by atoms with Gasteiger partial charge in [-0.1, -0.05) is 31.2 Å². The number of hydrogen-bond acceptors (Lipinski definition) is 2. The Labute approximate surface area is 174 Å². The normalized spacial score (nSPS) is 20.9. The van der Waals surface area contributed by atoms with Crippen LogP contribution in [0.1, 0.15) is 43.7 Å². The summed E-state index contributed by atoms with van der Waals surface area (Å²) in [5, 5.41) is 3.50. The standard InChI is InChI=1S/C20H30N4O.HI/c1-16-6-4-11-24(14-16)20(21-2)22-13-17-7-3-8-18(12-17)15-23-10-5-9-19(23)25;/h3,7-8,12,16H,4-6,9-11,13-15H2,1-2H3,(H,21,22);1H. The first kappa shape index (κ1) is 21.0. The molecule has 5 nitrogen and oxygen atoms in total. The average molecular weight is 470 g/mol. The van der Waals surface area contributed by atoms with Crippen LogP contribution < -0.4 is 5.32 Å². The number of hydrogen-bond donors (Lipinski definition) is 1. The molecule has 26 heavy (non-hydrogen) atoms. The molecule has 2 saturated heterocycles. The number of guanidine groups is 1. The Kier molecular flexibility index (Phi) is 8.18. The molecule has 0 saturated carbocycles. The van der Waals surface area contributed by atoms with Crippen LogP contribution in [-0.4, -0.2) is 48.3 Å². The number of nitrogens with one attached hydrogen (secondary N) is 1. The van der Waals surface area contributed by atoms with Crippen LogP contribution in [-0.2, 0) is 17.9 Å². The van der Waals surface area contributed by atoms with Crippen LogP contribution in [0, 0.1) is 5.92 Å². The molecule has 144 valence electrons. The van der Waals surface area contributed by atoms with Gasteiger partial charge in [0.2, 0.25) is 5.91 Å². The van der Waals surface area contributed by atoms with E-state index in [1.54, 1.807) is 0 Å². The summed E-state index contributed by atoms with van der Waals surface area (Å²) in [6.07, 6.45) is 4.24. The number of piperidine rings is 1. The van der Waals surface area contributed by atoms with Crippen molar-refractivity contribution in [3.05, 3.63) is 35.4 Å². The van der Waals surface area contributed by atoms with Crippen molar-refractivity contribution >= 4 is 35.8 Å². The first-order valence-electron chi connectivity index (χ1n) is 9.47. The highest BCUT2D eigenvalue weighted by atomic mass is 127. The largest absolute Gasteiger partial charge is 0.352 e. The number of nitrogens with zero attached hydrogens (tertiary/aromatic N) is 3. The number of rotatable bonds is 4. The molecule has 3 rings (SSSR count). The molecule has 1 aromatic carbocycles. The Bertz CT molecular complexity index is 634. The van der Waals surface area contributed by atoms with E-state index in [0.717, 1.165) is 51.0 Å². The fourth-order valence-electron chi connectivity index (χ4n) is 3.82. The second-order valence-electron chi connectivity index (χ2n) is 7.33. The summed E-state index contributed by atoms with van der Waals surface area (Å²) in [7, 11) is 1.86. The summed E-state index contributed by atoms with van der Waals surface area (Å²) in [6.45, 7) is 6.85. The van der Waals surface area contributed by atoms with Crippen molar-refractivity contribution in [2.75, 3.05) is 26.7 Å². The number of halogens is 1. The summed E-state index contributed by atoms with van der Waals surface area (Å²) in [4.78, 5) is 20.6. The molecule has 1 amide bonds. The van der Waals surface area contributed by atoms with Crippen molar-refractivity contribution in [3.8, 4) is 0 Å². The van der Waals surface area contributed by atoms with E-state index < -0.39 is 0 Å². The number of benzene rings is 1. The Morgan fingerprint density at radius 3 is 2.77 bits per heavy atom. The minimum atomic E-state index is 0. The molecule has 1 aromatic rings. The summed E-state index contributed by atoms with van der Waals surface area (Å²) < 4.78 is 0. The molecule has 0 radical (unpaired) electrons. The van der Waals surface area contributed by atoms with Crippen LogP contribution in [0.4, 0.5) is 0 Å². The van der Waals surface area contributed by atoms with Crippen molar-refractivity contribution in [1.82, 2.24) is 15.1 Å². The summed E-state index contributed by atoms with van der Waals surface area (Å²) in [5.41, 5.74) is 2.44. The van der Waals surface area contributed by atoms with Crippen molar-refractivity contribution in [2.45, 2.75) is 45.7 Å². The monoisotopic (exact) mass is 470 g/mol. The van der Waals surface area contributed by atoms with E-state index in [0.29, 0.717) is 6.42 Å². The second kappa shape index (κ2) is 10.1. The smallest absolute Gasteiger partial charge is 0.222 e. The number of carbonyl (C=O) groups excluding carboxylic acids is 1. The van der Waals surface area contributed by atoms with Gasteiger partial charge in [-0.25, -0.2) is 0 Å². The molecule has 2 fully saturated rings. The van der Waals surface area contributed by atoms with Crippen LogP contribution in [0.15, 0.2) is 29.3 Å². The average Bonchev–Trinajstić information content (AvgIpc) is 3.01. The van der Waals surface area contributed by atoms with Crippen molar-refractivity contribution in [1.29, 1.82) is 0 Å². The molecular weight excluding hydrogens is 439 g/mol. The van der Waals surface area contributed by atoms with Crippen LogP contribution in [0.3, 0.4) is 0 Å². The van der Waals surface area contributed by atoms with Gasteiger partial charge < -0.3 is 15.1 Å². The first-order chi connectivity index (χ1) is 12.2. The topological polar surface area (TPSA) is 47.9 Å². The van der Waals surface area contributed by atoms with Gasteiger partial charge in [-0.15, -0.1) is 24.0 Å².